The number of aryl methyl sites for hydroxylation is 1. The Kier molecular flexibility index (Phi) is 2.51. The zero-order valence-corrected chi connectivity index (χ0v) is 12.6. The average Bonchev–Trinajstić information content (AvgIpc) is 2.55. The van der Waals surface area contributed by atoms with E-state index in [-0.39, 0.29) is 0 Å². The summed E-state index contributed by atoms with van der Waals surface area (Å²) in [4.78, 5) is 0. The molecule has 1 aliphatic rings. The fraction of sp³-hybridized carbons (Fsp3) is 0.0769. The van der Waals surface area contributed by atoms with Crippen LogP contribution in [0.5, 0.6) is 0 Å². The van der Waals surface area contributed by atoms with Crippen LogP contribution in [0.25, 0.3) is 11.1 Å². The summed E-state index contributed by atoms with van der Waals surface area (Å²) < 4.78 is 3.24. The summed E-state index contributed by atoms with van der Waals surface area (Å²) in [5, 5.41) is 0. The van der Waals surface area contributed by atoms with E-state index in [9.17, 15) is 0 Å². The van der Waals surface area contributed by atoms with Gasteiger partial charge in [0.1, 0.15) is 0 Å². The van der Waals surface area contributed by atoms with E-state index in [2.05, 4.69) is 68.0 Å². The van der Waals surface area contributed by atoms with Gasteiger partial charge in [-0.05, 0) is 0 Å². The third-order valence-corrected chi connectivity index (χ3v) is 12.5. The molecule has 76 valence electrons. The van der Waals surface area contributed by atoms with Crippen molar-refractivity contribution in [2.45, 2.75) is 6.92 Å². The van der Waals surface area contributed by atoms with Crippen LogP contribution in [0.15, 0.2) is 42.5 Å². The van der Waals surface area contributed by atoms with E-state index in [4.69, 9.17) is 0 Å². The van der Waals surface area contributed by atoms with Gasteiger partial charge in [0.05, 0.1) is 0 Å². The summed E-state index contributed by atoms with van der Waals surface area (Å²) in [7, 11) is 0. The van der Waals surface area contributed by atoms with Crippen molar-refractivity contribution in [1.82, 2.24) is 0 Å². The molecular formula is C13H10I2. The molecule has 0 bridgehead atoms. The zero-order chi connectivity index (χ0) is 10.4. The molecule has 0 unspecified atom stereocenters. The second-order valence-electron chi connectivity index (χ2n) is 3.65. The van der Waals surface area contributed by atoms with E-state index in [0.717, 1.165) is 0 Å². The number of benzene rings is 2. The van der Waals surface area contributed by atoms with Gasteiger partial charge in [0.2, 0.25) is 0 Å². The van der Waals surface area contributed by atoms with Crippen molar-refractivity contribution >= 4 is 34.5 Å². The third kappa shape index (κ3) is 1.45. The first kappa shape index (κ1) is 10.1. The predicted molar refractivity (Wildman–Crippen MR) is 82.0 cm³/mol. The van der Waals surface area contributed by atoms with Gasteiger partial charge in [-0.3, -0.25) is 0 Å². The molecule has 0 amide bonds. The quantitative estimate of drug-likeness (QED) is 0.534. The summed E-state index contributed by atoms with van der Waals surface area (Å²) in [5.74, 6) is 0. The molecule has 15 heavy (non-hydrogen) atoms. The van der Waals surface area contributed by atoms with Gasteiger partial charge in [0.15, 0.2) is 0 Å². The van der Waals surface area contributed by atoms with Gasteiger partial charge in [0, 0.05) is 0 Å². The van der Waals surface area contributed by atoms with Crippen LogP contribution in [0.1, 0.15) is 5.56 Å². The van der Waals surface area contributed by atoms with Crippen molar-refractivity contribution < 1.29 is 0 Å². The van der Waals surface area contributed by atoms with Crippen molar-refractivity contribution in [2.24, 2.45) is 0 Å². The Morgan fingerprint density at radius 1 is 0.933 bits per heavy atom. The molecule has 3 rings (SSSR count). The second-order valence-corrected chi connectivity index (χ2v) is 12.8. The molecule has 0 atom stereocenters. The summed E-state index contributed by atoms with van der Waals surface area (Å²) in [5.41, 5.74) is 4.44. The van der Waals surface area contributed by atoms with E-state index in [1.165, 1.54) is 16.7 Å². The Bertz CT molecular complexity index is 532. The van der Waals surface area contributed by atoms with E-state index in [1.807, 2.05) is 0 Å². The van der Waals surface area contributed by atoms with Crippen LogP contribution in [0.3, 0.4) is 0 Å². The topological polar surface area (TPSA) is 0 Å². The Morgan fingerprint density at radius 2 is 1.67 bits per heavy atom. The summed E-state index contributed by atoms with van der Waals surface area (Å²) in [6.45, 7) is 2.22. The maximum absolute atomic E-state index is 2.69. The predicted octanol–water partition coefficient (Wildman–Crippen LogP) is 4.87. The minimum absolute atomic E-state index is 1.09. The maximum atomic E-state index is 2.69. The number of hydrogen-bond acceptors (Lipinski definition) is 0. The summed E-state index contributed by atoms with van der Waals surface area (Å²) >= 11 is 1.60. The van der Waals surface area contributed by atoms with Gasteiger partial charge in [-0.15, -0.1) is 0 Å². The molecule has 0 saturated carbocycles. The Balaban J connectivity index is 2.39. The SMILES string of the molecule is Cc1cccc2c1-c1ccccc1I2I. The van der Waals surface area contributed by atoms with Crippen LogP contribution >= 0.6 is 34.5 Å². The molecular weight excluding hydrogens is 410 g/mol. The molecule has 2 aromatic carbocycles. The van der Waals surface area contributed by atoms with Crippen LogP contribution in [0, 0.1) is 14.1 Å². The first-order valence-electron chi connectivity index (χ1n) is 4.84. The summed E-state index contributed by atoms with van der Waals surface area (Å²) in [6.07, 6.45) is 0. The number of fused-ring (bicyclic) bond motifs is 3. The average molecular weight is 420 g/mol. The van der Waals surface area contributed by atoms with Crippen LogP contribution in [-0.4, -0.2) is 0 Å². The molecule has 0 N–H and O–H groups in total. The van der Waals surface area contributed by atoms with Crippen molar-refractivity contribution in [2.75, 3.05) is 0 Å². The number of halogens is 2. The van der Waals surface area contributed by atoms with Crippen molar-refractivity contribution in [3.63, 3.8) is 0 Å². The number of rotatable bonds is 0. The van der Waals surface area contributed by atoms with Crippen LogP contribution in [0.4, 0.5) is 0 Å². The number of hydrogen-bond donors (Lipinski definition) is 0. The fourth-order valence-corrected chi connectivity index (χ4v) is 10.5. The van der Waals surface area contributed by atoms with Gasteiger partial charge in [-0.25, -0.2) is 0 Å². The van der Waals surface area contributed by atoms with Crippen molar-refractivity contribution in [3.8, 4) is 11.1 Å². The van der Waals surface area contributed by atoms with Gasteiger partial charge < -0.3 is 0 Å². The normalized spacial score (nSPS) is 14.9. The molecule has 0 spiro atoms. The van der Waals surface area contributed by atoms with Crippen LogP contribution in [-0.2, 0) is 0 Å². The van der Waals surface area contributed by atoms with Crippen molar-refractivity contribution in [1.29, 1.82) is 0 Å². The summed E-state index contributed by atoms with van der Waals surface area (Å²) in [6, 6.07) is 15.7. The molecule has 0 aliphatic carbocycles. The molecule has 1 aliphatic heterocycles. The van der Waals surface area contributed by atoms with Crippen LogP contribution in [0.2, 0.25) is 0 Å². The van der Waals surface area contributed by atoms with Crippen molar-refractivity contribution in [3.05, 3.63) is 55.2 Å². The van der Waals surface area contributed by atoms with E-state index >= 15 is 0 Å². The van der Waals surface area contributed by atoms with Gasteiger partial charge in [0.25, 0.3) is 0 Å². The van der Waals surface area contributed by atoms with E-state index in [1.54, 1.807) is 7.14 Å². The Hall–Kier alpha value is -0.1000. The first-order chi connectivity index (χ1) is 7.29. The van der Waals surface area contributed by atoms with Gasteiger partial charge in [-0.2, -0.15) is 0 Å². The molecule has 2 heteroatoms. The third-order valence-electron chi connectivity index (χ3n) is 2.72. The molecule has 0 aromatic heterocycles. The molecule has 0 nitrogen and oxygen atoms in total. The molecule has 0 fully saturated rings. The van der Waals surface area contributed by atoms with Gasteiger partial charge >= 0.3 is 108 Å². The fourth-order valence-electron chi connectivity index (χ4n) is 2.03. The molecule has 1 heterocycles. The van der Waals surface area contributed by atoms with E-state index < -0.39 is 15.8 Å². The molecule has 2 aromatic rings. The second kappa shape index (κ2) is 3.73. The first-order valence-corrected chi connectivity index (χ1v) is 13.3. The Labute approximate surface area is 107 Å². The standard InChI is InChI=1S/C13H10I2/c1-9-5-4-8-12-13(9)10-6-2-3-7-11(10)15(12)14/h2-8H,1H3. The molecule has 0 radical (unpaired) electrons. The Morgan fingerprint density at radius 3 is 2.53 bits per heavy atom. The van der Waals surface area contributed by atoms with E-state index in [0.29, 0.717) is 0 Å². The zero-order valence-electron chi connectivity index (χ0n) is 8.30. The molecule has 0 saturated heterocycles. The van der Waals surface area contributed by atoms with Crippen LogP contribution < -0.4 is 0 Å². The van der Waals surface area contributed by atoms with Gasteiger partial charge in [-0.1, -0.05) is 0 Å². The minimum atomic E-state index is -1.09. The monoisotopic (exact) mass is 420 g/mol.